The lowest BCUT2D eigenvalue weighted by Crippen LogP contribution is -2.39. The number of rotatable bonds is 5. The topological polar surface area (TPSA) is 62.8 Å². The van der Waals surface area contributed by atoms with Gasteiger partial charge in [0.25, 0.3) is 0 Å². The van der Waals surface area contributed by atoms with Gasteiger partial charge < -0.3 is 19.9 Å². The molecule has 30 heavy (non-hydrogen) atoms. The van der Waals surface area contributed by atoms with E-state index in [2.05, 4.69) is 10.6 Å². The van der Waals surface area contributed by atoms with E-state index in [4.69, 9.17) is 21.1 Å². The van der Waals surface area contributed by atoms with Crippen LogP contribution in [0.1, 0.15) is 28.9 Å². The van der Waals surface area contributed by atoms with Gasteiger partial charge in [-0.15, -0.1) is 0 Å². The molecule has 154 valence electrons. The van der Waals surface area contributed by atoms with Crippen molar-refractivity contribution in [3.63, 3.8) is 0 Å². The van der Waals surface area contributed by atoms with Gasteiger partial charge in [-0.1, -0.05) is 41.9 Å². The Hall–Kier alpha value is -3.15. The fourth-order valence-electron chi connectivity index (χ4n) is 3.64. The minimum Gasteiger partial charge on any atom is -0.508 e. The monoisotopic (exact) mass is 422 g/mol. The van der Waals surface area contributed by atoms with Gasteiger partial charge in [0, 0.05) is 27.4 Å². The number of halogens is 1. The molecule has 0 bridgehead atoms. The Balaban J connectivity index is 1.81. The molecular formula is C24H23ClN2O3. The first kappa shape index (κ1) is 20.1. The van der Waals surface area contributed by atoms with Crippen molar-refractivity contribution in [2.45, 2.75) is 12.2 Å². The number of phenolic OH excluding ortho intramolecular Hbond substituents is 1. The maximum Gasteiger partial charge on any atom is 0.125 e. The largest absolute Gasteiger partial charge is 0.508 e. The van der Waals surface area contributed by atoms with Crippen molar-refractivity contribution in [1.29, 1.82) is 0 Å². The third-order valence-corrected chi connectivity index (χ3v) is 5.37. The van der Waals surface area contributed by atoms with Crippen molar-refractivity contribution < 1.29 is 14.6 Å². The predicted molar refractivity (Wildman–Crippen MR) is 119 cm³/mol. The number of methoxy groups -OCH3 is 2. The normalized spacial score (nSPS) is 18.3. The van der Waals surface area contributed by atoms with Crippen molar-refractivity contribution in [1.82, 2.24) is 10.6 Å². The lowest BCUT2D eigenvalue weighted by atomic mass is 9.97. The van der Waals surface area contributed by atoms with Crippen LogP contribution in [0, 0.1) is 0 Å². The standard InChI is InChI=1S/C24H23ClN2O3/c1-29-17-7-5-6-15(12-17)20-14-21(19-13-16(25)10-11-22(19)28)27-24(26-20)18-8-3-4-9-23(18)30-2/h3-14,21,24,26-28H,1-2H3. The van der Waals surface area contributed by atoms with Gasteiger partial charge in [-0.3, -0.25) is 5.32 Å². The first-order chi connectivity index (χ1) is 14.6. The van der Waals surface area contributed by atoms with E-state index < -0.39 is 0 Å². The van der Waals surface area contributed by atoms with Crippen molar-refractivity contribution in [2.75, 3.05) is 14.2 Å². The van der Waals surface area contributed by atoms with Crippen molar-refractivity contribution in [3.05, 3.63) is 94.5 Å². The highest BCUT2D eigenvalue weighted by Gasteiger charge is 2.27. The number of ether oxygens (including phenoxy) is 2. The summed E-state index contributed by atoms with van der Waals surface area (Å²) < 4.78 is 11.0. The first-order valence-electron chi connectivity index (χ1n) is 9.59. The lowest BCUT2D eigenvalue weighted by molar-refractivity contribution is 0.379. The Morgan fingerprint density at radius 2 is 1.73 bits per heavy atom. The van der Waals surface area contributed by atoms with Crippen LogP contribution in [0.25, 0.3) is 5.70 Å². The molecule has 0 saturated heterocycles. The molecule has 0 radical (unpaired) electrons. The molecule has 6 heteroatoms. The van der Waals surface area contributed by atoms with E-state index in [-0.39, 0.29) is 18.0 Å². The molecule has 0 saturated carbocycles. The summed E-state index contributed by atoms with van der Waals surface area (Å²) in [6.07, 6.45) is 1.78. The van der Waals surface area contributed by atoms with Gasteiger partial charge in [-0.05, 0) is 42.5 Å². The summed E-state index contributed by atoms with van der Waals surface area (Å²) in [5.74, 6) is 1.71. The highest BCUT2D eigenvalue weighted by Crippen LogP contribution is 2.36. The molecule has 0 fully saturated rings. The van der Waals surface area contributed by atoms with Crippen molar-refractivity contribution >= 4 is 17.3 Å². The lowest BCUT2D eigenvalue weighted by Gasteiger charge is -2.34. The average Bonchev–Trinajstić information content (AvgIpc) is 2.80. The second-order valence-corrected chi connectivity index (χ2v) is 7.42. The van der Waals surface area contributed by atoms with E-state index in [9.17, 15) is 5.11 Å². The first-order valence-corrected chi connectivity index (χ1v) is 9.97. The van der Waals surface area contributed by atoms with Gasteiger partial charge in [-0.25, -0.2) is 0 Å². The van der Waals surface area contributed by atoms with Gasteiger partial charge in [0.1, 0.15) is 23.4 Å². The Labute approximate surface area is 180 Å². The number of benzene rings is 3. The molecule has 3 N–H and O–H groups in total. The minimum absolute atomic E-state index is 0.179. The van der Waals surface area contributed by atoms with Gasteiger partial charge in [0.05, 0.1) is 20.3 Å². The fraction of sp³-hybridized carbons (Fsp3) is 0.167. The number of hydrogen-bond acceptors (Lipinski definition) is 5. The molecule has 0 amide bonds. The number of para-hydroxylation sites is 1. The molecule has 3 aromatic carbocycles. The molecule has 0 spiro atoms. The van der Waals surface area contributed by atoms with E-state index in [0.717, 1.165) is 28.3 Å². The van der Waals surface area contributed by atoms with Crippen LogP contribution in [0.5, 0.6) is 17.2 Å². The minimum atomic E-state index is -0.277. The Morgan fingerprint density at radius 1 is 0.900 bits per heavy atom. The summed E-state index contributed by atoms with van der Waals surface area (Å²) in [6.45, 7) is 0. The molecule has 5 nitrogen and oxygen atoms in total. The van der Waals surface area contributed by atoms with Gasteiger partial charge >= 0.3 is 0 Å². The molecule has 1 heterocycles. The highest BCUT2D eigenvalue weighted by molar-refractivity contribution is 6.30. The summed E-state index contributed by atoms with van der Waals surface area (Å²) in [6, 6.07) is 20.5. The summed E-state index contributed by atoms with van der Waals surface area (Å²) in [4.78, 5) is 0. The van der Waals surface area contributed by atoms with Crippen LogP contribution in [-0.2, 0) is 0 Å². The molecule has 1 aliphatic heterocycles. The van der Waals surface area contributed by atoms with Gasteiger partial charge in [0.2, 0.25) is 0 Å². The molecule has 2 atom stereocenters. The smallest absolute Gasteiger partial charge is 0.125 e. The molecule has 4 rings (SSSR count). The highest BCUT2D eigenvalue weighted by atomic mass is 35.5. The van der Waals surface area contributed by atoms with Crippen LogP contribution in [0.4, 0.5) is 0 Å². The Morgan fingerprint density at radius 3 is 2.53 bits per heavy atom. The van der Waals surface area contributed by atoms with E-state index in [1.165, 1.54) is 0 Å². The van der Waals surface area contributed by atoms with Crippen LogP contribution in [0.3, 0.4) is 0 Å². The number of hydrogen-bond donors (Lipinski definition) is 3. The molecule has 0 aromatic heterocycles. The van der Waals surface area contributed by atoms with Crippen LogP contribution in [-0.4, -0.2) is 19.3 Å². The van der Waals surface area contributed by atoms with E-state index in [1.807, 2.05) is 54.6 Å². The zero-order valence-electron chi connectivity index (χ0n) is 16.7. The Kier molecular flexibility index (Phi) is 5.84. The van der Waals surface area contributed by atoms with E-state index in [1.54, 1.807) is 32.4 Å². The summed E-state index contributed by atoms with van der Waals surface area (Å²) >= 11 is 6.22. The second kappa shape index (κ2) is 8.69. The summed E-state index contributed by atoms with van der Waals surface area (Å²) in [5.41, 5.74) is 3.54. The van der Waals surface area contributed by atoms with Crippen LogP contribution in [0.15, 0.2) is 72.8 Å². The number of nitrogens with one attached hydrogen (secondary N) is 2. The second-order valence-electron chi connectivity index (χ2n) is 6.98. The van der Waals surface area contributed by atoms with Crippen LogP contribution in [0.2, 0.25) is 5.02 Å². The maximum absolute atomic E-state index is 10.5. The third kappa shape index (κ3) is 4.08. The third-order valence-electron chi connectivity index (χ3n) is 5.13. The van der Waals surface area contributed by atoms with Crippen molar-refractivity contribution in [3.8, 4) is 17.2 Å². The molecular weight excluding hydrogens is 400 g/mol. The quantitative estimate of drug-likeness (QED) is 0.538. The van der Waals surface area contributed by atoms with Crippen molar-refractivity contribution in [2.24, 2.45) is 0 Å². The SMILES string of the molecule is COc1cccc(C2=CC(c3cc(Cl)ccc3O)NC(c3ccccc3OC)N2)c1. The van der Waals surface area contributed by atoms with E-state index >= 15 is 0 Å². The van der Waals surface area contributed by atoms with Crippen LogP contribution < -0.4 is 20.1 Å². The Bertz CT molecular complexity index is 1080. The summed E-state index contributed by atoms with van der Waals surface area (Å²) in [7, 11) is 3.30. The number of aromatic hydroxyl groups is 1. The summed E-state index contributed by atoms with van der Waals surface area (Å²) in [5, 5.41) is 18.1. The molecule has 1 aliphatic rings. The van der Waals surface area contributed by atoms with Gasteiger partial charge in [0.15, 0.2) is 0 Å². The van der Waals surface area contributed by atoms with E-state index in [0.29, 0.717) is 10.6 Å². The maximum atomic E-state index is 10.5. The zero-order valence-corrected chi connectivity index (χ0v) is 17.5. The molecule has 3 aromatic rings. The average molecular weight is 423 g/mol. The fourth-order valence-corrected chi connectivity index (χ4v) is 3.82. The predicted octanol–water partition coefficient (Wildman–Crippen LogP) is 5.04. The molecule has 2 unspecified atom stereocenters. The number of phenols is 1. The van der Waals surface area contributed by atoms with Crippen LogP contribution >= 0.6 is 11.6 Å². The molecule has 0 aliphatic carbocycles. The van der Waals surface area contributed by atoms with Gasteiger partial charge in [-0.2, -0.15) is 0 Å². The zero-order chi connectivity index (χ0) is 21.1.